The van der Waals surface area contributed by atoms with Crippen LogP contribution in [0.5, 0.6) is 0 Å². The summed E-state index contributed by atoms with van der Waals surface area (Å²) in [6.45, 7) is 4.94. The maximum absolute atomic E-state index is 6.71. The molecule has 1 spiro atoms. The SMILES string of the molecule is CC1(C(N)C2CCOC3(CCOC3)C2)CCCCC1. The van der Waals surface area contributed by atoms with Gasteiger partial charge in [0.05, 0.1) is 12.2 Å². The van der Waals surface area contributed by atoms with Crippen molar-refractivity contribution in [2.75, 3.05) is 19.8 Å². The summed E-state index contributed by atoms with van der Waals surface area (Å²) in [6, 6.07) is 0.342. The third-order valence-corrected chi connectivity index (χ3v) is 5.91. The van der Waals surface area contributed by atoms with Gasteiger partial charge in [0, 0.05) is 25.7 Å². The van der Waals surface area contributed by atoms with Gasteiger partial charge in [-0.1, -0.05) is 26.2 Å². The fourth-order valence-corrected chi connectivity index (χ4v) is 4.50. The first kappa shape index (κ1) is 13.8. The van der Waals surface area contributed by atoms with Crippen LogP contribution in [-0.2, 0) is 9.47 Å². The Morgan fingerprint density at radius 1 is 1.11 bits per heavy atom. The predicted octanol–water partition coefficient (Wildman–Crippen LogP) is 2.87. The van der Waals surface area contributed by atoms with Crippen LogP contribution >= 0.6 is 0 Å². The van der Waals surface area contributed by atoms with E-state index in [1.807, 2.05) is 0 Å². The van der Waals surface area contributed by atoms with Gasteiger partial charge in [0.25, 0.3) is 0 Å². The van der Waals surface area contributed by atoms with Crippen LogP contribution in [0.1, 0.15) is 58.3 Å². The fraction of sp³-hybridized carbons (Fsp3) is 1.00. The molecule has 2 heterocycles. The van der Waals surface area contributed by atoms with Gasteiger partial charge in [-0.15, -0.1) is 0 Å². The molecule has 0 aromatic rings. The van der Waals surface area contributed by atoms with Crippen molar-refractivity contribution in [3.63, 3.8) is 0 Å². The fourth-order valence-electron chi connectivity index (χ4n) is 4.50. The van der Waals surface area contributed by atoms with Gasteiger partial charge in [-0.05, 0) is 37.0 Å². The topological polar surface area (TPSA) is 44.5 Å². The second-order valence-corrected chi connectivity index (χ2v) is 7.33. The first-order valence-electron chi connectivity index (χ1n) is 8.11. The standard InChI is InChI=1S/C16H29NO2/c1-15(6-3-2-4-7-15)14(17)13-5-9-19-16(11-13)8-10-18-12-16/h13-14H,2-12,17H2,1H3. The first-order chi connectivity index (χ1) is 9.14. The molecule has 2 N–H and O–H groups in total. The normalized spacial score (nSPS) is 40.4. The second kappa shape index (κ2) is 5.34. The van der Waals surface area contributed by atoms with Crippen molar-refractivity contribution < 1.29 is 9.47 Å². The highest BCUT2D eigenvalue weighted by atomic mass is 16.6. The minimum absolute atomic E-state index is 0.00552. The lowest BCUT2D eigenvalue weighted by Gasteiger charge is -2.47. The van der Waals surface area contributed by atoms with E-state index in [-0.39, 0.29) is 5.60 Å². The van der Waals surface area contributed by atoms with E-state index in [1.165, 1.54) is 32.1 Å². The van der Waals surface area contributed by atoms with Crippen molar-refractivity contribution in [2.24, 2.45) is 17.1 Å². The van der Waals surface area contributed by atoms with Gasteiger partial charge in [-0.3, -0.25) is 0 Å². The zero-order valence-corrected chi connectivity index (χ0v) is 12.3. The third-order valence-electron chi connectivity index (χ3n) is 5.91. The Labute approximate surface area is 117 Å². The van der Waals surface area contributed by atoms with Crippen LogP contribution in [0.2, 0.25) is 0 Å². The third kappa shape index (κ3) is 2.70. The molecule has 3 fully saturated rings. The van der Waals surface area contributed by atoms with Gasteiger partial charge in [0.15, 0.2) is 0 Å². The van der Waals surface area contributed by atoms with E-state index in [4.69, 9.17) is 15.2 Å². The highest BCUT2D eigenvalue weighted by Gasteiger charge is 2.46. The Bertz CT molecular complexity index is 306. The summed E-state index contributed by atoms with van der Waals surface area (Å²) in [5.74, 6) is 0.624. The molecule has 3 unspecified atom stereocenters. The molecule has 2 aliphatic heterocycles. The van der Waals surface area contributed by atoms with Crippen LogP contribution in [0.15, 0.2) is 0 Å². The lowest BCUT2D eigenvalue weighted by Crippen LogP contribution is -2.52. The van der Waals surface area contributed by atoms with Crippen molar-refractivity contribution in [3.05, 3.63) is 0 Å². The molecule has 0 aromatic heterocycles. The molecule has 0 radical (unpaired) electrons. The highest BCUT2D eigenvalue weighted by molar-refractivity contribution is 4.98. The van der Waals surface area contributed by atoms with Crippen LogP contribution < -0.4 is 5.73 Å². The molecule has 3 aliphatic rings. The smallest absolute Gasteiger partial charge is 0.0939 e. The summed E-state index contributed by atoms with van der Waals surface area (Å²) in [7, 11) is 0. The molecule has 3 nitrogen and oxygen atoms in total. The maximum atomic E-state index is 6.71. The van der Waals surface area contributed by atoms with E-state index < -0.39 is 0 Å². The highest BCUT2D eigenvalue weighted by Crippen LogP contribution is 2.45. The lowest BCUT2D eigenvalue weighted by molar-refractivity contribution is -0.108. The Morgan fingerprint density at radius 3 is 2.58 bits per heavy atom. The number of hydrogen-bond acceptors (Lipinski definition) is 3. The molecular weight excluding hydrogens is 238 g/mol. The summed E-state index contributed by atoms with van der Waals surface area (Å²) >= 11 is 0. The van der Waals surface area contributed by atoms with Crippen LogP contribution in [0, 0.1) is 11.3 Å². The van der Waals surface area contributed by atoms with E-state index in [2.05, 4.69) is 6.92 Å². The lowest BCUT2D eigenvalue weighted by atomic mass is 9.64. The zero-order valence-electron chi connectivity index (χ0n) is 12.3. The maximum Gasteiger partial charge on any atom is 0.0939 e. The number of ether oxygens (including phenoxy) is 2. The van der Waals surface area contributed by atoms with Gasteiger partial charge in [-0.2, -0.15) is 0 Å². The first-order valence-corrected chi connectivity index (χ1v) is 8.11. The van der Waals surface area contributed by atoms with Gasteiger partial charge in [-0.25, -0.2) is 0 Å². The van der Waals surface area contributed by atoms with E-state index in [9.17, 15) is 0 Å². The molecular formula is C16H29NO2. The summed E-state index contributed by atoms with van der Waals surface area (Å²) in [4.78, 5) is 0. The van der Waals surface area contributed by atoms with Crippen molar-refractivity contribution in [3.8, 4) is 0 Å². The van der Waals surface area contributed by atoms with Gasteiger partial charge < -0.3 is 15.2 Å². The average Bonchev–Trinajstić information content (AvgIpc) is 2.87. The zero-order chi connectivity index (χ0) is 13.3. The van der Waals surface area contributed by atoms with E-state index in [0.29, 0.717) is 17.4 Å². The van der Waals surface area contributed by atoms with Crippen LogP contribution in [-0.4, -0.2) is 31.5 Å². The summed E-state index contributed by atoms with van der Waals surface area (Å²) in [5, 5.41) is 0. The number of nitrogens with two attached hydrogens (primary N) is 1. The van der Waals surface area contributed by atoms with Gasteiger partial charge in [0.2, 0.25) is 0 Å². The monoisotopic (exact) mass is 267 g/mol. The van der Waals surface area contributed by atoms with Crippen molar-refractivity contribution in [1.82, 2.24) is 0 Å². The molecule has 3 heteroatoms. The molecule has 0 amide bonds. The van der Waals surface area contributed by atoms with Crippen molar-refractivity contribution >= 4 is 0 Å². The van der Waals surface area contributed by atoms with Gasteiger partial charge >= 0.3 is 0 Å². The molecule has 3 rings (SSSR count). The minimum atomic E-state index is 0.00552. The molecule has 3 atom stereocenters. The van der Waals surface area contributed by atoms with Crippen molar-refractivity contribution in [1.29, 1.82) is 0 Å². The molecule has 19 heavy (non-hydrogen) atoms. The van der Waals surface area contributed by atoms with E-state index in [1.54, 1.807) is 0 Å². The largest absolute Gasteiger partial charge is 0.378 e. The molecule has 2 saturated heterocycles. The second-order valence-electron chi connectivity index (χ2n) is 7.33. The van der Waals surface area contributed by atoms with E-state index in [0.717, 1.165) is 39.1 Å². The molecule has 0 bridgehead atoms. The van der Waals surface area contributed by atoms with E-state index >= 15 is 0 Å². The Balaban J connectivity index is 1.67. The number of hydrogen-bond donors (Lipinski definition) is 1. The molecule has 110 valence electrons. The van der Waals surface area contributed by atoms with Crippen LogP contribution in [0.3, 0.4) is 0 Å². The number of rotatable bonds is 2. The summed E-state index contributed by atoms with van der Waals surface area (Å²) in [6.07, 6.45) is 10.1. The Morgan fingerprint density at radius 2 is 1.89 bits per heavy atom. The van der Waals surface area contributed by atoms with Crippen LogP contribution in [0.25, 0.3) is 0 Å². The average molecular weight is 267 g/mol. The quantitative estimate of drug-likeness (QED) is 0.836. The molecule has 1 saturated carbocycles. The predicted molar refractivity (Wildman–Crippen MR) is 76.0 cm³/mol. The summed E-state index contributed by atoms with van der Waals surface area (Å²) in [5.41, 5.74) is 7.08. The van der Waals surface area contributed by atoms with Crippen LogP contribution in [0.4, 0.5) is 0 Å². The molecule has 1 aliphatic carbocycles. The molecule has 0 aromatic carbocycles. The van der Waals surface area contributed by atoms with Crippen molar-refractivity contribution in [2.45, 2.75) is 69.9 Å². The van der Waals surface area contributed by atoms with Gasteiger partial charge in [0.1, 0.15) is 0 Å². The minimum Gasteiger partial charge on any atom is -0.378 e. The Hall–Kier alpha value is -0.120. The summed E-state index contributed by atoms with van der Waals surface area (Å²) < 4.78 is 11.6. The Kier molecular flexibility index (Phi) is 3.89.